The number of benzene rings is 3. The van der Waals surface area contributed by atoms with Crippen LogP contribution in [0.1, 0.15) is 11.1 Å². The fraction of sp³-hybridized carbons (Fsp3) is 0.100. The summed E-state index contributed by atoms with van der Waals surface area (Å²) in [6.45, 7) is 0.779. The predicted octanol–water partition coefficient (Wildman–Crippen LogP) is 6.79. The van der Waals surface area contributed by atoms with E-state index < -0.39 is 0 Å². The third-order valence-corrected chi connectivity index (χ3v) is 4.90. The molecule has 0 amide bonds. The van der Waals surface area contributed by atoms with Crippen molar-refractivity contribution < 1.29 is 14.2 Å². The number of phenolic OH excluding ortho intramolecular Hbond substituents is 1. The average molecular weight is 471 g/mol. The first-order chi connectivity index (χ1) is 12.9. The summed E-state index contributed by atoms with van der Waals surface area (Å²) in [5.41, 5.74) is 2.45. The van der Waals surface area contributed by atoms with Gasteiger partial charge >= 0.3 is 0 Å². The maximum absolute atomic E-state index is 13.0. The quantitative estimate of drug-likeness (QED) is 0.389. The van der Waals surface area contributed by atoms with E-state index in [0.717, 1.165) is 15.6 Å². The molecule has 7 heteroatoms. The van der Waals surface area contributed by atoms with Gasteiger partial charge in [-0.1, -0.05) is 51.3 Å². The third-order valence-electron chi connectivity index (χ3n) is 3.83. The second-order valence-electron chi connectivity index (χ2n) is 5.81. The number of ether oxygens (including phenoxy) is 1. The van der Waals surface area contributed by atoms with E-state index in [1.807, 2.05) is 18.2 Å². The standard InChI is InChI=1S/C20H15BrCl2FNO2/c21-14-3-6-19(27-11-12-1-4-15(24)5-2-12)13(7-14)10-25-16-8-17(22)20(26)18(23)9-16/h1-9,25-26H,10-11H2. The monoisotopic (exact) mass is 469 g/mol. The van der Waals surface area contributed by atoms with Crippen LogP contribution in [-0.2, 0) is 13.2 Å². The molecule has 140 valence electrons. The largest absolute Gasteiger partial charge is 0.505 e. The van der Waals surface area contributed by atoms with E-state index in [4.69, 9.17) is 27.9 Å². The fourth-order valence-electron chi connectivity index (χ4n) is 2.43. The van der Waals surface area contributed by atoms with Crippen molar-refractivity contribution in [2.24, 2.45) is 0 Å². The van der Waals surface area contributed by atoms with Crippen LogP contribution >= 0.6 is 39.1 Å². The van der Waals surface area contributed by atoms with E-state index in [0.29, 0.717) is 24.6 Å². The highest BCUT2D eigenvalue weighted by Gasteiger charge is 2.09. The van der Waals surface area contributed by atoms with Crippen molar-refractivity contribution in [3.63, 3.8) is 0 Å². The maximum atomic E-state index is 13.0. The molecule has 27 heavy (non-hydrogen) atoms. The first kappa shape index (κ1) is 19.8. The Labute approximate surface area is 174 Å². The van der Waals surface area contributed by atoms with E-state index in [1.165, 1.54) is 12.1 Å². The Hall–Kier alpha value is -1.95. The minimum atomic E-state index is -0.279. The Balaban J connectivity index is 1.73. The van der Waals surface area contributed by atoms with Crippen molar-refractivity contribution in [1.82, 2.24) is 0 Å². The molecular weight excluding hydrogens is 456 g/mol. The van der Waals surface area contributed by atoms with Gasteiger partial charge < -0.3 is 15.2 Å². The lowest BCUT2D eigenvalue weighted by Crippen LogP contribution is -2.04. The Morgan fingerprint density at radius 2 is 1.67 bits per heavy atom. The Morgan fingerprint density at radius 3 is 2.33 bits per heavy atom. The van der Waals surface area contributed by atoms with Gasteiger partial charge in [0.1, 0.15) is 18.2 Å². The van der Waals surface area contributed by atoms with Gasteiger partial charge in [-0.25, -0.2) is 4.39 Å². The molecular formula is C20H15BrCl2FNO2. The molecule has 0 aliphatic rings. The van der Waals surface area contributed by atoms with E-state index in [9.17, 15) is 9.50 Å². The van der Waals surface area contributed by atoms with E-state index >= 15 is 0 Å². The maximum Gasteiger partial charge on any atom is 0.152 e. The topological polar surface area (TPSA) is 41.5 Å². The Bertz CT molecular complexity index is 928. The molecule has 0 bridgehead atoms. The van der Waals surface area contributed by atoms with Gasteiger partial charge in [0.15, 0.2) is 5.75 Å². The number of hydrogen-bond donors (Lipinski definition) is 2. The van der Waals surface area contributed by atoms with Gasteiger partial charge in [-0.2, -0.15) is 0 Å². The molecule has 0 radical (unpaired) electrons. The minimum Gasteiger partial charge on any atom is -0.505 e. The number of hydrogen-bond acceptors (Lipinski definition) is 3. The highest BCUT2D eigenvalue weighted by molar-refractivity contribution is 9.10. The van der Waals surface area contributed by atoms with Crippen LogP contribution < -0.4 is 10.1 Å². The lowest BCUT2D eigenvalue weighted by atomic mass is 10.2. The summed E-state index contributed by atoms with van der Waals surface area (Å²) in [6.07, 6.45) is 0. The zero-order chi connectivity index (χ0) is 19.4. The molecule has 0 unspecified atom stereocenters. The average Bonchev–Trinajstić information content (AvgIpc) is 2.65. The molecule has 3 nitrogen and oxygen atoms in total. The molecule has 0 spiro atoms. The first-order valence-corrected chi connectivity index (χ1v) is 9.55. The molecule has 0 atom stereocenters. The summed E-state index contributed by atoms with van der Waals surface area (Å²) in [5, 5.41) is 13.2. The minimum absolute atomic E-state index is 0.144. The lowest BCUT2D eigenvalue weighted by Gasteiger charge is -2.14. The SMILES string of the molecule is Oc1c(Cl)cc(NCc2cc(Br)ccc2OCc2ccc(F)cc2)cc1Cl. The van der Waals surface area contributed by atoms with Gasteiger partial charge in [-0.3, -0.25) is 0 Å². The van der Waals surface area contributed by atoms with Gasteiger partial charge in [0.05, 0.1) is 10.0 Å². The van der Waals surface area contributed by atoms with Crippen LogP contribution in [0.4, 0.5) is 10.1 Å². The highest BCUT2D eigenvalue weighted by Crippen LogP contribution is 2.35. The Kier molecular flexibility index (Phi) is 6.47. The molecule has 0 aliphatic heterocycles. The second kappa shape index (κ2) is 8.83. The van der Waals surface area contributed by atoms with Crippen LogP contribution in [-0.4, -0.2) is 5.11 Å². The molecule has 0 heterocycles. The van der Waals surface area contributed by atoms with Crippen molar-refractivity contribution in [1.29, 1.82) is 0 Å². The number of phenols is 1. The first-order valence-electron chi connectivity index (χ1n) is 8.00. The van der Waals surface area contributed by atoms with Gasteiger partial charge in [-0.05, 0) is 48.0 Å². The van der Waals surface area contributed by atoms with E-state index in [2.05, 4.69) is 21.2 Å². The number of halogens is 4. The molecule has 3 aromatic carbocycles. The molecule has 0 fully saturated rings. The fourth-order valence-corrected chi connectivity index (χ4v) is 3.33. The smallest absolute Gasteiger partial charge is 0.152 e. The van der Waals surface area contributed by atoms with Gasteiger partial charge in [0.2, 0.25) is 0 Å². The molecule has 3 rings (SSSR count). The number of rotatable bonds is 6. The van der Waals surface area contributed by atoms with Crippen molar-refractivity contribution >= 4 is 44.8 Å². The van der Waals surface area contributed by atoms with Gasteiger partial charge in [0, 0.05) is 22.3 Å². The summed E-state index contributed by atoms with van der Waals surface area (Å²) < 4.78 is 19.8. The second-order valence-corrected chi connectivity index (χ2v) is 7.54. The van der Waals surface area contributed by atoms with Crippen LogP contribution in [0.5, 0.6) is 11.5 Å². The van der Waals surface area contributed by atoms with Crippen molar-refractivity contribution in [3.05, 3.63) is 86.1 Å². The molecule has 0 saturated carbocycles. The zero-order valence-corrected chi connectivity index (χ0v) is 17.1. The molecule has 3 aromatic rings. The van der Waals surface area contributed by atoms with Crippen LogP contribution in [0.3, 0.4) is 0 Å². The molecule has 2 N–H and O–H groups in total. The normalized spacial score (nSPS) is 10.7. The molecule has 0 saturated heterocycles. The van der Waals surface area contributed by atoms with Gasteiger partial charge in [0.25, 0.3) is 0 Å². The lowest BCUT2D eigenvalue weighted by molar-refractivity contribution is 0.303. The van der Waals surface area contributed by atoms with Crippen LogP contribution in [0.15, 0.2) is 59.1 Å². The number of aromatic hydroxyl groups is 1. The highest BCUT2D eigenvalue weighted by atomic mass is 79.9. The number of nitrogens with one attached hydrogen (secondary N) is 1. The zero-order valence-electron chi connectivity index (χ0n) is 14.0. The summed E-state index contributed by atoms with van der Waals surface area (Å²) in [6, 6.07) is 15.1. The van der Waals surface area contributed by atoms with Gasteiger partial charge in [-0.15, -0.1) is 0 Å². The molecule has 0 aromatic heterocycles. The van der Waals surface area contributed by atoms with E-state index in [1.54, 1.807) is 24.3 Å². The Morgan fingerprint density at radius 1 is 1.00 bits per heavy atom. The summed E-state index contributed by atoms with van der Waals surface area (Å²) in [7, 11) is 0. The van der Waals surface area contributed by atoms with Crippen molar-refractivity contribution in [2.75, 3.05) is 5.32 Å². The number of anilines is 1. The molecule has 0 aliphatic carbocycles. The van der Waals surface area contributed by atoms with Crippen LogP contribution in [0.2, 0.25) is 10.0 Å². The van der Waals surface area contributed by atoms with Crippen molar-refractivity contribution in [3.8, 4) is 11.5 Å². The predicted molar refractivity (Wildman–Crippen MR) is 110 cm³/mol. The van der Waals surface area contributed by atoms with Crippen LogP contribution in [0.25, 0.3) is 0 Å². The van der Waals surface area contributed by atoms with E-state index in [-0.39, 0.29) is 21.6 Å². The van der Waals surface area contributed by atoms with Crippen LogP contribution in [0, 0.1) is 5.82 Å². The van der Waals surface area contributed by atoms with Crippen molar-refractivity contribution in [2.45, 2.75) is 13.2 Å². The third kappa shape index (κ3) is 5.28. The summed E-state index contributed by atoms with van der Waals surface area (Å²) in [4.78, 5) is 0. The summed E-state index contributed by atoms with van der Waals surface area (Å²) in [5.74, 6) is 0.277. The summed E-state index contributed by atoms with van der Waals surface area (Å²) >= 11 is 15.4.